The van der Waals surface area contributed by atoms with Crippen LogP contribution in [0.4, 0.5) is 5.69 Å². The third kappa shape index (κ3) is 3.26. The van der Waals surface area contributed by atoms with E-state index in [2.05, 4.69) is 21.2 Å². The van der Waals surface area contributed by atoms with Crippen LogP contribution in [-0.2, 0) is 0 Å². The smallest absolute Gasteiger partial charge is 0.255 e. The highest BCUT2D eigenvalue weighted by atomic mass is 79.9. The Morgan fingerprint density at radius 2 is 1.71 bits per heavy atom. The van der Waals surface area contributed by atoms with Crippen LogP contribution < -0.4 is 24.3 Å². The van der Waals surface area contributed by atoms with Gasteiger partial charge in [-0.25, -0.2) is 0 Å². The van der Waals surface area contributed by atoms with Crippen molar-refractivity contribution in [3.05, 3.63) is 40.4 Å². The number of carbonyl (C=O) groups excluding carboxylic acids is 1. The quantitative estimate of drug-likeness (QED) is 0.860. The number of amides is 1. The van der Waals surface area contributed by atoms with Gasteiger partial charge in [0.25, 0.3) is 5.91 Å². The number of carbonyl (C=O) groups is 1. The number of fused-ring (bicyclic) bond motifs is 1. The Bertz CT molecular complexity index is 778. The minimum Gasteiger partial charge on any atom is -0.493 e. The molecule has 2 aromatic rings. The molecule has 1 heterocycles. The van der Waals surface area contributed by atoms with Gasteiger partial charge in [-0.15, -0.1) is 0 Å². The second-order valence-corrected chi connectivity index (χ2v) is 5.85. The highest BCUT2D eigenvalue weighted by Crippen LogP contribution is 2.38. The number of rotatable bonds is 4. The fourth-order valence-electron chi connectivity index (χ4n) is 2.33. The van der Waals surface area contributed by atoms with E-state index in [1.807, 2.05) is 0 Å². The van der Waals surface area contributed by atoms with E-state index in [9.17, 15) is 4.79 Å². The van der Waals surface area contributed by atoms with Crippen LogP contribution in [0.15, 0.2) is 34.8 Å². The summed E-state index contributed by atoms with van der Waals surface area (Å²) in [5.74, 6) is 2.04. The molecular weight excluding hydrogens is 378 g/mol. The fourth-order valence-corrected chi connectivity index (χ4v) is 2.75. The standard InChI is InChI=1S/C17H16BrNO5/c1-21-13-4-3-10(7-14(13)22-2)17(20)19-12-9-16-15(8-11(12)18)23-5-6-24-16/h3-4,7-9H,5-6H2,1-2H3,(H,19,20). The highest BCUT2D eigenvalue weighted by Gasteiger charge is 2.17. The van der Waals surface area contributed by atoms with E-state index in [-0.39, 0.29) is 5.91 Å². The van der Waals surface area contributed by atoms with Crippen molar-refractivity contribution in [2.75, 3.05) is 32.8 Å². The van der Waals surface area contributed by atoms with Gasteiger partial charge < -0.3 is 24.3 Å². The lowest BCUT2D eigenvalue weighted by Gasteiger charge is -2.20. The molecule has 1 N–H and O–H groups in total. The van der Waals surface area contributed by atoms with Crippen molar-refractivity contribution in [3.63, 3.8) is 0 Å². The molecule has 1 amide bonds. The molecule has 0 fully saturated rings. The number of halogens is 1. The molecule has 0 unspecified atom stereocenters. The first kappa shape index (κ1) is 16.4. The number of hydrogen-bond donors (Lipinski definition) is 1. The maximum Gasteiger partial charge on any atom is 0.255 e. The van der Waals surface area contributed by atoms with E-state index in [1.165, 1.54) is 7.11 Å². The highest BCUT2D eigenvalue weighted by molar-refractivity contribution is 9.10. The van der Waals surface area contributed by atoms with Crippen molar-refractivity contribution in [1.29, 1.82) is 0 Å². The van der Waals surface area contributed by atoms with E-state index in [0.717, 1.165) is 0 Å². The lowest BCUT2D eigenvalue weighted by molar-refractivity contribution is 0.102. The summed E-state index contributed by atoms with van der Waals surface area (Å²) < 4.78 is 22.2. The molecule has 0 atom stereocenters. The molecule has 6 nitrogen and oxygen atoms in total. The molecule has 0 radical (unpaired) electrons. The first-order valence-corrected chi connectivity index (χ1v) is 8.04. The summed E-state index contributed by atoms with van der Waals surface area (Å²) in [7, 11) is 3.07. The van der Waals surface area contributed by atoms with Crippen LogP contribution in [-0.4, -0.2) is 33.3 Å². The van der Waals surface area contributed by atoms with E-state index < -0.39 is 0 Å². The van der Waals surface area contributed by atoms with Gasteiger partial charge >= 0.3 is 0 Å². The first-order chi connectivity index (χ1) is 11.6. The van der Waals surface area contributed by atoms with Crippen molar-refractivity contribution >= 4 is 27.5 Å². The van der Waals surface area contributed by atoms with Gasteiger partial charge in [-0.1, -0.05) is 0 Å². The van der Waals surface area contributed by atoms with Crippen LogP contribution in [0.2, 0.25) is 0 Å². The number of ether oxygens (including phenoxy) is 4. The first-order valence-electron chi connectivity index (χ1n) is 7.25. The Hall–Kier alpha value is -2.41. The predicted molar refractivity (Wildman–Crippen MR) is 92.6 cm³/mol. The Morgan fingerprint density at radius 1 is 1.04 bits per heavy atom. The van der Waals surface area contributed by atoms with Crippen LogP contribution in [0.25, 0.3) is 0 Å². The molecule has 1 aliphatic heterocycles. The average Bonchev–Trinajstić information content (AvgIpc) is 2.61. The van der Waals surface area contributed by atoms with Gasteiger partial charge in [0.05, 0.1) is 19.9 Å². The monoisotopic (exact) mass is 393 g/mol. The van der Waals surface area contributed by atoms with Crippen LogP contribution in [0.3, 0.4) is 0 Å². The summed E-state index contributed by atoms with van der Waals surface area (Å²) in [6, 6.07) is 8.49. The summed E-state index contributed by atoms with van der Waals surface area (Å²) in [6.45, 7) is 0.995. The minimum atomic E-state index is -0.270. The van der Waals surface area contributed by atoms with Crippen molar-refractivity contribution < 1.29 is 23.7 Å². The SMILES string of the molecule is COc1ccc(C(=O)Nc2cc3c(cc2Br)OCCO3)cc1OC. The largest absolute Gasteiger partial charge is 0.493 e. The fraction of sp³-hybridized carbons (Fsp3) is 0.235. The molecule has 0 spiro atoms. The molecule has 2 aromatic carbocycles. The van der Waals surface area contributed by atoms with Gasteiger partial charge in [0, 0.05) is 22.2 Å². The van der Waals surface area contributed by atoms with Crippen molar-refractivity contribution in [2.45, 2.75) is 0 Å². The van der Waals surface area contributed by atoms with E-state index in [4.69, 9.17) is 18.9 Å². The van der Waals surface area contributed by atoms with Gasteiger partial charge in [0.1, 0.15) is 13.2 Å². The topological polar surface area (TPSA) is 66.0 Å². The number of anilines is 1. The summed E-state index contributed by atoms with van der Waals surface area (Å²) in [6.07, 6.45) is 0. The Labute approximate surface area is 147 Å². The summed E-state index contributed by atoms with van der Waals surface area (Å²) in [5.41, 5.74) is 1.05. The normalized spacial score (nSPS) is 12.5. The average molecular weight is 394 g/mol. The van der Waals surface area contributed by atoms with Gasteiger partial charge in [-0.3, -0.25) is 4.79 Å². The molecule has 0 bridgehead atoms. The molecule has 0 aliphatic carbocycles. The Morgan fingerprint density at radius 3 is 2.38 bits per heavy atom. The number of benzene rings is 2. The molecule has 0 saturated heterocycles. The molecule has 0 saturated carbocycles. The Balaban J connectivity index is 1.84. The molecular formula is C17H16BrNO5. The lowest BCUT2D eigenvalue weighted by Crippen LogP contribution is -2.17. The number of methoxy groups -OCH3 is 2. The van der Waals surface area contributed by atoms with Gasteiger partial charge in [-0.2, -0.15) is 0 Å². The number of hydrogen-bond acceptors (Lipinski definition) is 5. The van der Waals surface area contributed by atoms with E-state index in [0.29, 0.717) is 51.9 Å². The third-order valence-corrected chi connectivity index (χ3v) is 4.18. The lowest BCUT2D eigenvalue weighted by atomic mass is 10.1. The van der Waals surface area contributed by atoms with Crippen LogP contribution >= 0.6 is 15.9 Å². The van der Waals surface area contributed by atoms with E-state index >= 15 is 0 Å². The second kappa shape index (κ2) is 7.00. The van der Waals surface area contributed by atoms with Crippen molar-refractivity contribution in [3.8, 4) is 23.0 Å². The zero-order chi connectivity index (χ0) is 17.1. The summed E-state index contributed by atoms with van der Waals surface area (Å²) in [5, 5.41) is 2.85. The van der Waals surface area contributed by atoms with Crippen molar-refractivity contribution in [2.24, 2.45) is 0 Å². The molecule has 7 heteroatoms. The zero-order valence-corrected chi connectivity index (χ0v) is 14.8. The molecule has 24 heavy (non-hydrogen) atoms. The van der Waals surface area contributed by atoms with Crippen molar-refractivity contribution in [1.82, 2.24) is 0 Å². The summed E-state index contributed by atoms with van der Waals surface area (Å²) in [4.78, 5) is 12.5. The van der Waals surface area contributed by atoms with Gasteiger partial charge in [0.15, 0.2) is 23.0 Å². The molecule has 1 aliphatic rings. The van der Waals surface area contributed by atoms with Crippen LogP contribution in [0, 0.1) is 0 Å². The third-order valence-electron chi connectivity index (χ3n) is 3.53. The zero-order valence-electron chi connectivity index (χ0n) is 13.2. The Kier molecular flexibility index (Phi) is 4.80. The second-order valence-electron chi connectivity index (χ2n) is 5.00. The molecule has 0 aromatic heterocycles. The van der Waals surface area contributed by atoms with Crippen LogP contribution in [0.5, 0.6) is 23.0 Å². The maximum absolute atomic E-state index is 12.5. The minimum absolute atomic E-state index is 0.270. The van der Waals surface area contributed by atoms with E-state index in [1.54, 1.807) is 37.4 Å². The van der Waals surface area contributed by atoms with Crippen LogP contribution in [0.1, 0.15) is 10.4 Å². The molecule has 126 valence electrons. The van der Waals surface area contributed by atoms with Gasteiger partial charge in [-0.05, 0) is 34.1 Å². The predicted octanol–water partition coefficient (Wildman–Crippen LogP) is 3.49. The number of nitrogens with one attached hydrogen (secondary N) is 1. The molecule has 3 rings (SSSR count). The summed E-state index contributed by atoms with van der Waals surface area (Å²) >= 11 is 3.43. The maximum atomic E-state index is 12.5. The van der Waals surface area contributed by atoms with Gasteiger partial charge in [0.2, 0.25) is 0 Å².